The topological polar surface area (TPSA) is 107 Å². The molecule has 1 aromatic carbocycles. The summed E-state index contributed by atoms with van der Waals surface area (Å²) < 4.78 is 0. The van der Waals surface area contributed by atoms with Crippen molar-refractivity contribution >= 4 is 12.0 Å². The van der Waals surface area contributed by atoms with Crippen LogP contribution < -0.4 is 10.6 Å². The Morgan fingerprint density at radius 1 is 1.24 bits per heavy atom. The minimum atomic E-state index is -0.964. The van der Waals surface area contributed by atoms with Crippen LogP contribution in [0.15, 0.2) is 36.8 Å². The van der Waals surface area contributed by atoms with Crippen molar-refractivity contribution in [1.29, 1.82) is 0 Å². The Bertz CT molecular complexity index is 610. The van der Waals surface area contributed by atoms with Gasteiger partial charge in [0.2, 0.25) is 0 Å². The van der Waals surface area contributed by atoms with Crippen molar-refractivity contribution in [1.82, 2.24) is 20.6 Å². The van der Waals surface area contributed by atoms with E-state index in [1.165, 1.54) is 6.33 Å². The smallest absolute Gasteiger partial charge is 0.335 e. The van der Waals surface area contributed by atoms with Crippen molar-refractivity contribution < 1.29 is 14.7 Å². The Morgan fingerprint density at radius 2 is 2.05 bits per heavy atom. The molecule has 7 nitrogen and oxygen atoms in total. The van der Waals surface area contributed by atoms with Gasteiger partial charge >= 0.3 is 12.0 Å². The number of carbonyl (C=O) groups is 2. The first-order valence-electron chi connectivity index (χ1n) is 6.47. The molecule has 1 heterocycles. The maximum Gasteiger partial charge on any atom is 0.335 e. The third kappa shape index (κ3) is 4.34. The van der Waals surface area contributed by atoms with Crippen LogP contribution in [0.3, 0.4) is 0 Å². The van der Waals surface area contributed by atoms with E-state index in [1.807, 2.05) is 0 Å². The fraction of sp³-hybridized carbons (Fsp3) is 0.214. The Balaban J connectivity index is 1.76. The fourth-order valence-corrected chi connectivity index (χ4v) is 1.88. The van der Waals surface area contributed by atoms with Gasteiger partial charge in [0.05, 0.1) is 24.1 Å². The van der Waals surface area contributed by atoms with E-state index >= 15 is 0 Å². The fourth-order valence-electron chi connectivity index (χ4n) is 1.88. The molecule has 7 heteroatoms. The molecule has 0 aliphatic carbocycles. The molecule has 0 bridgehead atoms. The van der Waals surface area contributed by atoms with Crippen LogP contribution in [0.25, 0.3) is 0 Å². The Labute approximate surface area is 121 Å². The molecular formula is C14H16N4O3. The molecule has 0 spiro atoms. The van der Waals surface area contributed by atoms with Gasteiger partial charge in [-0.25, -0.2) is 14.6 Å². The summed E-state index contributed by atoms with van der Waals surface area (Å²) in [7, 11) is 0. The average Bonchev–Trinajstić information content (AvgIpc) is 2.99. The van der Waals surface area contributed by atoms with Gasteiger partial charge in [-0.15, -0.1) is 0 Å². The molecule has 0 saturated heterocycles. The van der Waals surface area contributed by atoms with Gasteiger partial charge in [0.15, 0.2) is 0 Å². The molecule has 0 atom stereocenters. The van der Waals surface area contributed by atoms with Gasteiger partial charge in [0.1, 0.15) is 0 Å². The van der Waals surface area contributed by atoms with Crippen molar-refractivity contribution in [2.45, 2.75) is 13.0 Å². The van der Waals surface area contributed by atoms with Crippen LogP contribution in [-0.4, -0.2) is 33.6 Å². The Morgan fingerprint density at radius 3 is 2.76 bits per heavy atom. The molecule has 0 saturated carbocycles. The zero-order valence-corrected chi connectivity index (χ0v) is 11.3. The van der Waals surface area contributed by atoms with Crippen LogP contribution in [0.4, 0.5) is 4.79 Å². The minimum absolute atomic E-state index is 0.261. The monoisotopic (exact) mass is 288 g/mol. The molecule has 2 aromatic rings. The SMILES string of the molecule is O=C(NCCc1ccccc1C(=O)O)NCc1cnc[nH]1. The lowest BCUT2D eigenvalue weighted by Crippen LogP contribution is -2.36. The first-order valence-corrected chi connectivity index (χ1v) is 6.47. The highest BCUT2D eigenvalue weighted by atomic mass is 16.4. The van der Waals surface area contributed by atoms with E-state index in [-0.39, 0.29) is 11.6 Å². The van der Waals surface area contributed by atoms with E-state index in [9.17, 15) is 9.59 Å². The van der Waals surface area contributed by atoms with Gasteiger partial charge in [-0.1, -0.05) is 18.2 Å². The van der Waals surface area contributed by atoms with E-state index in [2.05, 4.69) is 20.6 Å². The summed E-state index contributed by atoms with van der Waals surface area (Å²) in [5, 5.41) is 14.4. The van der Waals surface area contributed by atoms with Gasteiger partial charge < -0.3 is 20.7 Å². The number of hydrogen-bond donors (Lipinski definition) is 4. The number of urea groups is 1. The number of hydrogen-bond acceptors (Lipinski definition) is 3. The van der Waals surface area contributed by atoms with E-state index in [1.54, 1.807) is 30.5 Å². The molecule has 0 aliphatic rings. The number of carboxylic acids is 1. The second kappa shape index (κ2) is 7.09. The van der Waals surface area contributed by atoms with E-state index < -0.39 is 5.97 Å². The lowest BCUT2D eigenvalue weighted by molar-refractivity contribution is 0.0695. The molecule has 0 unspecified atom stereocenters. The number of aromatic carboxylic acids is 1. The van der Waals surface area contributed by atoms with Crippen LogP contribution in [0, 0.1) is 0 Å². The number of rotatable bonds is 6. The summed E-state index contributed by atoms with van der Waals surface area (Å²) in [4.78, 5) is 29.3. The molecule has 4 N–H and O–H groups in total. The zero-order valence-electron chi connectivity index (χ0n) is 11.3. The molecule has 1 aromatic heterocycles. The summed E-state index contributed by atoms with van der Waals surface area (Å²) in [5.41, 5.74) is 1.76. The first-order chi connectivity index (χ1) is 10.2. The summed E-state index contributed by atoms with van der Waals surface area (Å²) in [5.74, 6) is -0.964. The third-order valence-corrected chi connectivity index (χ3v) is 2.92. The summed E-state index contributed by atoms with van der Waals surface area (Å²) in [6.45, 7) is 0.719. The van der Waals surface area contributed by atoms with Gasteiger partial charge in [0, 0.05) is 12.7 Å². The van der Waals surface area contributed by atoms with Gasteiger partial charge in [-0.2, -0.15) is 0 Å². The number of imidazole rings is 1. The second-order valence-corrected chi connectivity index (χ2v) is 4.40. The van der Waals surface area contributed by atoms with Crippen molar-refractivity contribution in [3.63, 3.8) is 0 Å². The molecule has 21 heavy (non-hydrogen) atoms. The number of benzene rings is 1. The van der Waals surface area contributed by atoms with Crippen LogP contribution in [-0.2, 0) is 13.0 Å². The maximum atomic E-state index is 11.6. The number of carboxylic acid groups (broad SMARTS) is 1. The van der Waals surface area contributed by atoms with Gasteiger partial charge in [-0.05, 0) is 18.1 Å². The Kier molecular flexibility index (Phi) is 4.92. The van der Waals surface area contributed by atoms with E-state index in [4.69, 9.17) is 5.11 Å². The number of nitrogens with zero attached hydrogens (tertiary/aromatic N) is 1. The van der Waals surface area contributed by atoms with Crippen molar-refractivity contribution in [2.75, 3.05) is 6.54 Å². The number of carbonyl (C=O) groups excluding carboxylic acids is 1. The summed E-state index contributed by atoms with van der Waals surface area (Å²) in [6.07, 6.45) is 3.63. The molecule has 0 aliphatic heterocycles. The highest BCUT2D eigenvalue weighted by Crippen LogP contribution is 2.08. The highest BCUT2D eigenvalue weighted by Gasteiger charge is 2.09. The van der Waals surface area contributed by atoms with Crippen LogP contribution >= 0.6 is 0 Å². The molecule has 2 amide bonds. The molecule has 110 valence electrons. The number of nitrogens with one attached hydrogen (secondary N) is 3. The molecular weight excluding hydrogens is 272 g/mol. The van der Waals surface area contributed by atoms with Crippen LogP contribution in [0.1, 0.15) is 21.6 Å². The zero-order chi connectivity index (χ0) is 15.1. The summed E-state index contributed by atoms with van der Waals surface area (Å²) in [6, 6.07) is 6.44. The van der Waals surface area contributed by atoms with Gasteiger partial charge in [-0.3, -0.25) is 0 Å². The average molecular weight is 288 g/mol. The van der Waals surface area contributed by atoms with Crippen LogP contribution in [0.5, 0.6) is 0 Å². The normalized spacial score (nSPS) is 10.1. The lowest BCUT2D eigenvalue weighted by Gasteiger charge is -2.08. The summed E-state index contributed by atoms with van der Waals surface area (Å²) >= 11 is 0. The number of aromatic nitrogens is 2. The lowest BCUT2D eigenvalue weighted by atomic mass is 10.0. The predicted molar refractivity (Wildman–Crippen MR) is 75.9 cm³/mol. The largest absolute Gasteiger partial charge is 0.478 e. The van der Waals surface area contributed by atoms with Crippen molar-refractivity contribution in [2.24, 2.45) is 0 Å². The number of H-pyrrole nitrogens is 1. The van der Waals surface area contributed by atoms with Crippen molar-refractivity contribution in [3.05, 3.63) is 53.6 Å². The van der Waals surface area contributed by atoms with E-state index in [0.717, 1.165) is 5.69 Å². The number of aromatic amines is 1. The standard InChI is InChI=1S/C14H16N4O3/c19-13(20)12-4-2-1-3-10(12)5-6-16-14(21)17-8-11-7-15-9-18-11/h1-4,7,9H,5-6,8H2,(H,15,18)(H,19,20)(H2,16,17,21). The van der Waals surface area contributed by atoms with E-state index in [0.29, 0.717) is 25.1 Å². The van der Waals surface area contributed by atoms with Crippen molar-refractivity contribution in [3.8, 4) is 0 Å². The Hall–Kier alpha value is -2.83. The predicted octanol–water partition coefficient (Wildman–Crippen LogP) is 1.15. The minimum Gasteiger partial charge on any atom is -0.478 e. The first kappa shape index (κ1) is 14.6. The second-order valence-electron chi connectivity index (χ2n) is 4.40. The quantitative estimate of drug-likeness (QED) is 0.639. The molecule has 0 fully saturated rings. The molecule has 2 rings (SSSR count). The third-order valence-electron chi connectivity index (χ3n) is 2.92. The molecule has 0 radical (unpaired) electrons. The maximum absolute atomic E-state index is 11.6. The van der Waals surface area contributed by atoms with Gasteiger partial charge in [0.25, 0.3) is 0 Å². The highest BCUT2D eigenvalue weighted by molar-refractivity contribution is 5.89. The van der Waals surface area contributed by atoms with Crippen LogP contribution in [0.2, 0.25) is 0 Å². The number of amides is 2.